The van der Waals surface area contributed by atoms with Crippen molar-refractivity contribution in [1.82, 2.24) is 15.5 Å². The van der Waals surface area contributed by atoms with E-state index in [9.17, 15) is 4.79 Å². The highest BCUT2D eigenvalue weighted by Gasteiger charge is 2.10. The first-order chi connectivity index (χ1) is 8.69. The quantitative estimate of drug-likeness (QED) is 0.795. The number of nitrogens with one attached hydrogen (secondary N) is 1. The lowest BCUT2D eigenvalue weighted by Gasteiger charge is -2.00. The van der Waals surface area contributed by atoms with Gasteiger partial charge in [-0.1, -0.05) is 5.16 Å². The number of aromatic nitrogens is 2. The Bertz CT molecular complexity index is 532. The van der Waals surface area contributed by atoms with Crippen LogP contribution in [-0.2, 0) is 13.0 Å². The van der Waals surface area contributed by atoms with Crippen molar-refractivity contribution in [2.24, 2.45) is 5.73 Å². The lowest BCUT2D eigenvalue weighted by Crippen LogP contribution is -2.25. The van der Waals surface area contributed by atoms with Gasteiger partial charge in [0, 0.05) is 19.9 Å². The molecule has 0 spiro atoms. The molecule has 0 unspecified atom stereocenters. The second-order valence-corrected chi connectivity index (χ2v) is 3.71. The topological polar surface area (TPSA) is 107 Å². The first kappa shape index (κ1) is 12.3. The van der Waals surface area contributed by atoms with Gasteiger partial charge < -0.3 is 20.0 Å². The van der Waals surface area contributed by atoms with E-state index in [-0.39, 0.29) is 18.2 Å². The van der Waals surface area contributed by atoms with Crippen LogP contribution in [0.1, 0.15) is 28.0 Å². The number of hydrogen-bond acceptors (Lipinski definition) is 6. The smallest absolute Gasteiger partial charge is 0.287 e. The Morgan fingerprint density at radius 1 is 1.50 bits per heavy atom. The fourth-order valence-corrected chi connectivity index (χ4v) is 1.43. The third kappa shape index (κ3) is 2.95. The summed E-state index contributed by atoms with van der Waals surface area (Å²) >= 11 is 0. The average molecular weight is 250 g/mol. The summed E-state index contributed by atoms with van der Waals surface area (Å²) in [4.78, 5) is 15.7. The van der Waals surface area contributed by atoms with E-state index in [2.05, 4.69) is 15.5 Å². The standard InChI is InChI=1S/C11H14N4O3/c1-7-14-10(15-18-7)4-5-13-11(16)9-3-2-8(6-12)17-9/h2-3H,4-6,12H2,1H3,(H,13,16). The van der Waals surface area contributed by atoms with Crippen molar-refractivity contribution >= 4 is 5.91 Å². The summed E-state index contributed by atoms with van der Waals surface area (Å²) < 4.78 is 10.0. The van der Waals surface area contributed by atoms with Crippen LogP contribution in [0.5, 0.6) is 0 Å². The Labute approximate surface area is 103 Å². The summed E-state index contributed by atoms with van der Waals surface area (Å²) in [6.07, 6.45) is 0.507. The van der Waals surface area contributed by atoms with E-state index in [0.29, 0.717) is 30.4 Å². The Hall–Kier alpha value is -2.15. The van der Waals surface area contributed by atoms with Crippen molar-refractivity contribution < 1.29 is 13.7 Å². The Balaban J connectivity index is 1.81. The number of nitrogens with two attached hydrogens (primary N) is 1. The van der Waals surface area contributed by atoms with Gasteiger partial charge in [0.05, 0.1) is 6.54 Å². The van der Waals surface area contributed by atoms with Crippen molar-refractivity contribution in [3.05, 3.63) is 35.4 Å². The maximum atomic E-state index is 11.7. The minimum absolute atomic E-state index is 0.250. The van der Waals surface area contributed by atoms with Crippen LogP contribution in [0.15, 0.2) is 21.1 Å². The number of aryl methyl sites for hydroxylation is 1. The summed E-state index contributed by atoms with van der Waals surface area (Å²) in [5.41, 5.74) is 5.39. The molecule has 2 aromatic rings. The number of hydrogen-bond donors (Lipinski definition) is 2. The summed E-state index contributed by atoms with van der Waals surface area (Å²) in [5.74, 6) is 1.62. The van der Waals surface area contributed by atoms with Crippen LogP contribution < -0.4 is 11.1 Å². The largest absolute Gasteiger partial charge is 0.455 e. The van der Waals surface area contributed by atoms with Crippen molar-refractivity contribution in [3.63, 3.8) is 0 Å². The summed E-state index contributed by atoms with van der Waals surface area (Å²) in [6.45, 7) is 2.40. The van der Waals surface area contributed by atoms with Gasteiger partial charge in [0.2, 0.25) is 5.89 Å². The van der Waals surface area contributed by atoms with Crippen LogP contribution >= 0.6 is 0 Å². The summed E-state index contributed by atoms with van der Waals surface area (Å²) in [5, 5.41) is 6.42. The minimum atomic E-state index is -0.282. The van der Waals surface area contributed by atoms with E-state index in [0.717, 1.165) is 0 Å². The predicted octanol–water partition coefficient (Wildman–Crippen LogP) is 0.402. The molecule has 0 saturated carbocycles. The van der Waals surface area contributed by atoms with E-state index in [4.69, 9.17) is 14.7 Å². The fraction of sp³-hybridized carbons (Fsp3) is 0.364. The normalized spacial score (nSPS) is 10.6. The zero-order valence-corrected chi connectivity index (χ0v) is 9.97. The molecule has 1 amide bonds. The molecule has 0 bridgehead atoms. The van der Waals surface area contributed by atoms with Gasteiger partial charge in [-0.25, -0.2) is 0 Å². The molecule has 0 aromatic carbocycles. The predicted molar refractivity (Wildman–Crippen MR) is 61.7 cm³/mol. The minimum Gasteiger partial charge on any atom is -0.455 e. The third-order valence-corrected chi connectivity index (χ3v) is 2.29. The summed E-state index contributed by atoms with van der Waals surface area (Å²) in [7, 11) is 0. The molecule has 0 aliphatic carbocycles. The fourth-order valence-electron chi connectivity index (χ4n) is 1.43. The second-order valence-electron chi connectivity index (χ2n) is 3.71. The average Bonchev–Trinajstić information content (AvgIpc) is 2.98. The highest BCUT2D eigenvalue weighted by atomic mass is 16.5. The molecule has 7 heteroatoms. The van der Waals surface area contributed by atoms with Crippen LogP contribution in [0.3, 0.4) is 0 Å². The van der Waals surface area contributed by atoms with E-state index in [1.54, 1.807) is 19.1 Å². The van der Waals surface area contributed by atoms with E-state index >= 15 is 0 Å². The maximum absolute atomic E-state index is 11.7. The van der Waals surface area contributed by atoms with Crippen LogP contribution in [0, 0.1) is 6.92 Å². The Kier molecular flexibility index (Phi) is 3.73. The SMILES string of the molecule is Cc1nc(CCNC(=O)c2ccc(CN)o2)no1. The highest BCUT2D eigenvalue weighted by Crippen LogP contribution is 2.06. The van der Waals surface area contributed by atoms with E-state index < -0.39 is 0 Å². The molecule has 0 fully saturated rings. The van der Waals surface area contributed by atoms with E-state index in [1.807, 2.05) is 0 Å². The van der Waals surface area contributed by atoms with Gasteiger partial charge in [0.25, 0.3) is 5.91 Å². The number of carbonyl (C=O) groups is 1. The number of amides is 1. The van der Waals surface area contributed by atoms with Crippen LogP contribution in [0.25, 0.3) is 0 Å². The van der Waals surface area contributed by atoms with Gasteiger partial charge >= 0.3 is 0 Å². The molecule has 3 N–H and O–H groups in total. The number of rotatable bonds is 5. The van der Waals surface area contributed by atoms with Gasteiger partial charge in [-0.2, -0.15) is 4.98 Å². The molecule has 7 nitrogen and oxygen atoms in total. The van der Waals surface area contributed by atoms with Crippen molar-refractivity contribution in [2.75, 3.05) is 6.54 Å². The number of furan rings is 1. The molecule has 96 valence electrons. The summed E-state index contributed by atoms with van der Waals surface area (Å²) in [6, 6.07) is 3.27. The molecule has 2 aromatic heterocycles. The first-order valence-electron chi connectivity index (χ1n) is 5.55. The molecule has 2 rings (SSSR count). The molecular weight excluding hydrogens is 236 g/mol. The molecule has 0 atom stereocenters. The van der Waals surface area contributed by atoms with Crippen molar-refractivity contribution in [3.8, 4) is 0 Å². The monoisotopic (exact) mass is 250 g/mol. The van der Waals surface area contributed by atoms with Crippen LogP contribution in [0.4, 0.5) is 0 Å². The maximum Gasteiger partial charge on any atom is 0.287 e. The molecule has 2 heterocycles. The van der Waals surface area contributed by atoms with Gasteiger partial charge in [-0.3, -0.25) is 4.79 Å². The zero-order chi connectivity index (χ0) is 13.0. The third-order valence-electron chi connectivity index (χ3n) is 2.29. The number of nitrogens with zero attached hydrogens (tertiary/aromatic N) is 2. The van der Waals surface area contributed by atoms with Gasteiger partial charge in [0.15, 0.2) is 11.6 Å². The lowest BCUT2D eigenvalue weighted by atomic mass is 10.3. The van der Waals surface area contributed by atoms with Crippen LogP contribution in [-0.4, -0.2) is 22.6 Å². The lowest BCUT2D eigenvalue weighted by molar-refractivity contribution is 0.0924. The molecule has 0 aliphatic heterocycles. The molecule has 0 saturated heterocycles. The Morgan fingerprint density at radius 3 is 2.94 bits per heavy atom. The molecular formula is C11H14N4O3. The molecule has 0 radical (unpaired) electrons. The molecule has 18 heavy (non-hydrogen) atoms. The Morgan fingerprint density at radius 2 is 2.33 bits per heavy atom. The van der Waals surface area contributed by atoms with Gasteiger partial charge in [-0.15, -0.1) is 0 Å². The van der Waals surface area contributed by atoms with Crippen molar-refractivity contribution in [1.29, 1.82) is 0 Å². The van der Waals surface area contributed by atoms with Gasteiger partial charge in [-0.05, 0) is 12.1 Å². The molecule has 0 aliphatic rings. The van der Waals surface area contributed by atoms with Crippen LogP contribution in [0.2, 0.25) is 0 Å². The first-order valence-corrected chi connectivity index (χ1v) is 5.55. The second kappa shape index (κ2) is 5.46. The highest BCUT2D eigenvalue weighted by molar-refractivity contribution is 5.91. The van der Waals surface area contributed by atoms with Gasteiger partial charge in [0.1, 0.15) is 5.76 Å². The number of carbonyl (C=O) groups excluding carboxylic acids is 1. The van der Waals surface area contributed by atoms with E-state index in [1.165, 1.54) is 0 Å². The van der Waals surface area contributed by atoms with Crippen molar-refractivity contribution in [2.45, 2.75) is 19.9 Å². The zero-order valence-electron chi connectivity index (χ0n) is 9.97.